The van der Waals surface area contributed by atoms with Crippen LogP contribution in [-0.2, 0) is 21.4 Å². The first-order valence-corrected chi connectivity index (χ1v) is 16.5. The van der Waals surface area contributed by atoms with E-state index >= 15 is 0 Å². The summed E-state index contributed by atoms with van der Waals surface area (Å²) in [5, 5.41) is 12.1. The van der Waals surface area contributed by atoms with Gasteiger partial charge in [-0.25, -0.2) is 0 Å². The zero-order chi connectivity index (χ0) is 26.0. The van der Waals surface area contributed by atoms with Crippen molar-refractivity contribution in [3.8, 4) is 0 Å². The number of rotatable bonds is 8. The molecule has 0 unspecified atom stereocenters. The van der Waals surface area contributed by atoms with E-state index in [1.54, 1.807) is 12.1 Å². The number of carboxylic acid groups (broad SMARTS) is 1. The van der Waals surface area contributed by atoms with E-state index in [9.17, 15) is 13.2 Å². The molecule has 2 aromatic heterocycles. The van der Waals surface area contributed by atoms with Gasteiger partial charge in [-0.2, -0.15) is 0 Å². The van der Waals surface area contributed by atoms with Crippen LogP contribution >= 0.6 is 5.51 Å². The summed E-state index contributed by atoms with van der Waals surface area (Å²) < 4.78 is 30.8. The molecule has 0 aliphatic carbocycles. The number of aliphatic carboxylic acids is 1. The first kappa shape index (κ1) is 25.0. The van der Waals surface area contributed by atoms with Crippen LogP contribution in [0, 0.1) is 0 Å². The summed E-state index contributed by atoms with van der Waals surface area (Å²) in [4.78, 5) is 23.4. The van der Waals surface area contributed by atoms with Crippen LogP contribution in [0.1, 0.15) is 0 Å². The van der Waals surface area contributed by atoms with Crippen LogP contribution in [0.5, 0.6) is 0 Å². The predicted octanol–water partition coefficient (Wildman–Crippen LogP) is 2.09. The van der Waals surface area contributed by atoms with Gasteiger partial charge in [-0.15, -0.1) is 0 Å². The number of imidazole rings is 1. The van der Waals surface area contributed by atoms with Crippen LogP contribution in [-0.4, -0.2) is 54.1 Å². The van der Waals surface area contributed by atoms with Crippen molar-refractivity contribution in [2.24, 2.45) is 0 Å². The molecule has 186 valence electrons. The van der Waals surface area contributed by atoms with Crippen molar-refractivity contribution in [1.82, 2.24) is 19.5 Å². The molecule has 0 saturated carbocycles. The van der Waals surface area contributed by atoms with Gasteiger partial charge in [0.05, 0.1) is 0 Å². The van der Waals surface area contributed by atoms with Crippen molar-refractivity contribution in [1.29, 1.82) is 0 Å². The Hall–Kier alpha value is -3.62. The van der Waals surface area contributed by atoms with E-state index < -0.39 is 21.5 Å². The Balaban J connectivity index is 1.57. The van der Waals surface area contributed by atoms with Crippen LogP contribution in [0.25, 0.3) is 11.2 Å². The summed E-state index contributed by atoms with van der Waals surface area (Å²) in [5.74, 6) is -1.10. The second kappa shape index (κ2) is 10.0. The molecule has 0 atom stereocenters. The monoisotopic (exact) mass is 597 g/mol. The van der Waals surface area contributed by atoms with Crippen molar-refractivity contribution >= 4 is 69.5 Å². The number of carboxylic acids is 1. The molecular weight excluding hydrogens is 576 g/mol. The third-order valence-corrected chi connectivity index (χ3v) is 14.0. The molecule has 0 fully saturated rings. The zero-order valence-electron chi connectivity index (χ0n) is 19.2. The Morgan fingerprint density at radius 1 is 0.892 bits per heavy atom. The van der Waals surface area contributed by atoms with E-state index in [1.807, 2.05) is 66.7 Å². The Labute approximate surface area is 220 Å². The molecule has 0 spiro atoms. The molecule has 0 aliphatic heterocycles. The number of aromatic nitrogens is 4. The van der Waals surface area contributed by atoms with E-state index in [4.69, 9.17) is 5.11 Å². The summed E-state index contributed by atoms with van der Waals surface area (Å²) in [6.45, 7) is -0.362. The SMILES string of the molecule is O=C(O)Cn1cnc2c(NS(=O)(=O)c3cccc(P(=[Se])(c4ccccc4)c4ccccc4)c3)ncnc21. The molecule has 0 aliphatic rings. The maximum atomic E-state index is 13.5. The summed E-state index contributed by atoms with van der Waals surface area (Å²) >= 11 is 3.42. The number of fused-ring (bicyclic) bond motifs is 1. The van der Waals surface area contributed by atoms with Crippen molar-refractivity contribution < 1.29 is 18.3 Å². The molecule has 12 heteroatoms. The summed E-state index contributed by atoms with van der Waals surface area (Å²) in [6, 6.07) is 26.8. The Morgan fingerprint density at radius 2 is 1.51 bits per heavy atom. The minimum atomic E-state index is -4.07. The number of nitrogens with zero attached hydrogens (tertiary/aromatic N) is 4. The molecule has 2 N–H and O–H groups in total. The summed E-state index contributed by atoms with van der Waals surface area (Å²) in [6.07, 6.45) is 2.45. The van der Waals surface area contributed by atoms with E-state index in [2.05, 4.69) is 34.8 Å². The van der Waals surface area contributed by atoms with Gasteiger partial charge >= 0.3 is 211 Å². The van der Waals surface area contributed by atoms with E-state index in [0.717, 1.165) is 15.9 Å². The van der Waals surface area contributed by atoms with E-state index in [0.29, 0.717) is 0 Å². The van der Waals surface area contributed by atoms with Gasteiger partial charge in [0, 0.05) is 0 Å². The predicted molar refractivity (Wildman–Crippen MR) is 145 cm³/mol. The molecule has 0 amide bonds. The van der Waals surface area contributed by atoms with Gasteiger partial charge < -0.3 is 5.11 Å². The van der Waals surface area contributed by atoms with E-state index in [1.165, 1.54) is 23.3 Å². The zero-order valence-corrected chi connectivity index (χ0v) is 22.6. The van der Waals surface area contributed by atoms with Crippen LogP contribution in [0.4, 0.5) is 5.82 Å². The fourth-order valence-corrected chi connectivity index (χ4v) is 10.1. The number of carbonyl (C=O) groups is 1. The maximum absolute atomic E-state index is 13.5. The molecule has 0 bridgehead atoms. The van der Waals surface area contributed by atoms with Gasteiger partial charge in [-0.1, -0.05) is 0 Å². The first-order valence-electron chi connectivity index (χ1n) is 11.0. The van der Waals surface area contributed by atoms with Crippen LogP contribution in [0.15, 0.2) is 102 Å². The van der Waals surface area contributed by atoms with Crippen molar-refractivity contribution in [2.45, 2.75) is 11.4 Å². The molecule has 9 nitrogen and oxygen atoms in total. The number of hydrogen-bond donors (Lipinski definition) is 2. The Morgan fingerprint density at radius 3 is 2.14 bits per heavy atom. The molecule has 0 radical (unpaired) electrons. The normalized spacial score (nSPS) is 11.9. The van der Waals surface area contributed by atoms with Crippen molar-refractivity contribution in [3.05, 3.63) is 97.6 Å². The third-order valence-electron chi connectivity index (χ3n) is 5.67. The molecule has 0 saturated heterocycles. The molecule has 3 aromatic carbocycles. The standard InChI is InChI=1S/C25H20N5O4PSSe/c31-22(32)15-30-17-28-23-24(26-16-27-25(23)30)29-36(33,34)21-13-7-12-20(14-21)35(37,18-8-3-1-4-9-18)19-10-5-2-6-11-19/h1-14,16-17H,15H2,(H,31,32)(H,26,27,29). The summed E-state index contributed by atoms with van der Waals surface area (Å²) in [5.41, 5.74) is -1.90. The number of sulfonamides is 1. The van der Waals surface area contributed by atoms with Gasteiger partial charge in [-0.3, -0.25) is 4.79 Å². The minimum absolute atomic E-state index is 0.0326. The van der Waals surface area contributed by atoms with Crippen molar-refractivity contribution in [2.75, 3.05) is 4.72 Å². The summed E-state index contributed by atoms with van der Waals surface area (Å²) in [7, 11) is -4.07. The second-order valence-corrected chi connectivity index (χ2v) is 15.9. The van der Waals surface area contributed by atoms with E-state index in [-0.39, 0.29) is 28.4 Å². The van der Waals surface area contributed by atoms with Gasteiger partial charge in [0.25, 0.3) is 0 Å². The van der Waals surface area contributed by atoms with Gasteiger partial charge in [0.2, 0.25) is 0 Å². The van der Waals surface area contributed by atoms with Gasteiger partial charge in [-0.05, 0) is 0 Å². The molecule has 5 aromatic rings. The van der Waals surface area contributed by atoms with Gasteiger partial charge in [0.1, 0.15) is 0 Å². The molecule has 5 rings (SSSR count). The average Bonchev–Trinajstić information content (AvgIpc) is 3.32. The average molecular weight is 596 g/mol. The Kier molecular flexibility index (Phi) is 6.79. The number of nitrogens with one attached hydrogen (secondary N) is 1. The second-order valence-electron chi connectivity index (χ2n) is 8.04. The fourth-order valence-electron chi connectivity index (χ4n) is 3.97. The molecular formula is C25H20N5O4PSSe. The topological polar surface area (TPSA) is 127 Å². The van der Waals surface area contributed by atoms with Crippen LogP contribution in [0.3, 0.4) is 0 Å². The van der Waals surface area contributed by atoms with Crippen LogP contribution < -0.4 is 20.6 Å². The number of anilines is 1. The Bertz CT molecular complexity index is 1720. The van der Waals surface area contributed by atoms with Crippen molar-refractivity contribution in [3.63, 3.8) is 0 Å². The first-order chi connectivity index (χ1) is 17.8. The molecule has 2 heterocycles. The number of benzene rings is 3. The molecule has 37 heavy (non-hydrogen) atoms. The quantitative estimate of drug-likeness (QED) is 0.208. The fraction of sp³-hybridized carbons (Fsp3) is 0.0400. The third kappa shape index (κ3) is 4.86. The number of hydrogen-bond acceptors (Lipinski definition) is 6. The van der Waals surface area contributed by atoms with Gasteiger partial charge in [0.15, 0.2) is 0 Å². The van der Waals surface area contributed by atoms with Crippen LogP contribution in [0.2, 0.25) is 0 Å².